The van der Waals surface area contributed by atoms with Crippen LogP contribution in [0.15, 0.2) is 29.2 Å². The Morgan fingerprint density at radius 1 is 1.15 bits per heavy atom. The number of carbonyl (C=O) groups is 1. The zero-order chi connectivity index (χ0) is 14.3. The Morgan fingerprint density at radius 3 is 2.55 bits per heavy atom. The van der Waals surface area contributed by atoms with Crippen molar-refractivity contribution in [2.24, 2.45) is 0 Å². The molecular formula is C14H18N2O3S. The summed E-state index contributed by atoms with van der Waals surface area (Å²) in [7, 11) is -3.44. The number of hydrogen-bond donors (Lipinski definition) is 0. The molecule has 0 aliphatic carbocycles. The van der Waals surface area contributed by atoms with Gasteiger partial charge in [0, 0.05) is 32.1 Å². The third kappa shape index (κ3) is 2.23. The van der Waals surface area contributed by atoms with Gasteiger partial charge in [-0.2, -0.15) is 4.31 Å². The fourth-order valence-electron chi connectivity index (χ4n) is 2.91. The number of hydrogen-bond acceptors (Lipinski definition) is 3. The number of benzene rings is 1. The molecule has 108 valence electrons. The first-order valence-electron chi connectivity index (χ1n) is 6.85. The van der Waals surface area contributed by atoms with E-state index in [1.807, 2.05) is 24.0 Å². The van der Waals surface area contributed by atoms with E-state index >= 15 is 0 Å². The van der Waals surface area contributed by atoms with Crippen LogP contribution in [0.1, 0.15) is 18.4 Å². The van der Waals surface area contributed by atoms with Crippen molar-refractivity contribution in [1.29, 1.82) is 0 Å². The molecule has 0 saturated carbocycles. The van der Waals surface area contributed by atoms with Crippen LogP contribution in [0.25, 0.3) is 0 Å². The molecule has 0 spiro atoms. The Balaban J connectivity index is 1.82. The van der Waals surface area contributed by atoms with Crippen LogP contribution in [-0.4, -0.2) is 49.2 Å². The lowest BCUT2D eigenvalue weighted by molar-refractivity contribution is -0.130. The summed E-state index contributed by atoms with van der Waals surface area (Å²) in [6.45, 7) is 3.24. The normalized spacial score (nSPS) is 23.9. The molecular weight excluding hydrogens is 276 g/mol. The van der Waals surface area contributed by atoms with Crippen molar-refractivity contribution >= 4 is 15.9 Å². The second-order valence-corrected chi connectivity index (χ2v) is 7.39. The number of nitrogens with zero attached hydrogens (tertiary/aromatic N) is 2. The lowest BCUT2D eigenvalue weighted by Gasteiger charge is -2.36. The molecule has 2 heterocycles. The van der Waals surface area contributed by atoms with Crippen molar-refractivity contribution in [3.63, 3.8) is 0 Å². The van der Waals surface area contributed by atoms with Crippen LogP contribution in [0.3, 0.4) is 0 Å². The molecule has 0 unspecified atom stereocenters. The Labute approximate surface area is 119 Å². The molecule has 2 aliphatic heterocycles. The van der Waals surface area contributed by atoms with E-state index in [1.54, 1.807) is 12.1 Å². The Kier molecular flexibility index (Phi) is 3.30. The van der Waals surface area contributed by atoms with Gasteiger partial charge in [-0.05, 0) is 25.5 Å². The summed E-state index contributed by atoms with van der Waals surface area (Å²) in [5.74, 6) is 0.155. The first kappa shape index (κ1) is 13.6. The second-order valence-electron chi connectivity index (χ2n) is 5.46. The standard InChI is InChI=1S/C14H18N2O3S/c1-11-2-5-13(6-3-11)20(18,19)15-8-9-16-12(10-15)4-7-14(16)17/h2-3,5-6,12H,4,7-10H2,1H3/t12-/m1/s1. The number of sulfonamides is 1. The summed E-state index contributed by atoms with van der Waals surface area (Å²) < 4.78 is 26.7. The summed E-state index contributed by atoms with van der Waals surface area (Å²) in [6.07, 6.45) is 1.31. The Hall–Kier alpha value is -1.40. The highest BCUT2D eigenvalue weighted by Gasteiger charge is 2.39. The lowest BCUT2D eigenvalue weighted by Crippen LogP contribution is -2.53. The van der Waals surface area contributed by atoms with E-state index < -0.39 is 10.0 Å². The van der Waals surface area contributed by atoms with Crippen LogP contribution in [-0.2, 0) is 14.8 Å². The maximum absolute atomic E-state index is 12.6. The van der Waals surface area contributed by atoms with Gasteiger partial charge in [-0.25, -0.2) is 8.42 Å². The molecule has 2 aliphatic rings. The smallest absolute Gasteiger partial charge is 0.243 e. The van der Waals surface area contributed by atoms with Crippen LogP contribution in [0.5, 0.6) is 0 Å². The van der Waals surface area contributed by atoms with Gasteiger partial charge in [0.05, 0.1) is 4.90 Å². The van der Waals surface area contributed by atoms with Gasteiger partial charge in [-0.15, -0.1) is 0 Å². The van der Waals surface area contributed by atoms with Gasteiger partial charge in [-0.3, -0.25) is 4.79 Å². The van der Waals surface area contributed by atoms with Crippen molar-refractivity contribution in [2.45, 2.75) is 30.7 Å². The van der Waals surface area contributed by atoms with Crippen LogP contribution >= 0.6 is 0 Å². The molecule has 3 rings (SSSR count). The van der Waals surface area contributed by atoms with E-state index in [9.17, 15) is 13.2 Å². The first-order valence-corrected chi connectivity index (χ1v) is 8.29. The van der Waals surface area contributed by atoms with Crippen LogP contribution in [0.2, 0.25) is 0 Å². The largest absolute Gasteiger partial charge is 0.337 e. The van der Waals surface area contributed by atoms with E-state index in [4.69, 9.17) is 0 Å². The van der Waals surface area contributed by atoms with Crippen molar-refractivity contribution < 1.29 is 13.2 Å². The minimum Gasteiger partial charge on any atom is -0.337 e. The third-order valence-electron chi connectivity index (χ3n) is 4.12. The highest BCUT2D eigenvalue weighted by atomic mass is 32.2. The van der Waals surface area contributed by atoms with Crippen molar-refractivity contribution in [3.8, 4) is 0 Å². The fraction of sp³-hybridized carbons (Fsp3) is 0.500. The number of carbonyl (C=O) groups excluding carboxylic acids is 1. The van der Waals surface area contributed by atoms with Crippen molar-refractivity contribution in [2.75, 3.05) is 19.6 Å². The number of rotatable bonds is 2. The molecule has 2 saturated heterocycles. The topological polar surface area (TPSA) is 57.7 Å². The SMILES string of the molecule is Cc1ccc(S(=O)(=O)N2CCN3C(=O)CC[C@@H]3C2)cc1. The third-order valence-corrected chi connectivity index (χ3v) is 6.00. The lowest BCUT2D eigenvalue weighted by atomic mass is 10.2. The van der Waals surface area contributed by atoms with Crippen molar-refractivity contribution in [1.82, 2.24) is 9.21 Å². The molecule has 1 atom stereocenters. The zero-order valence-electron chi connectivity index (χ0n) is 11.4. The maximum atomic E-state index is 12.6. The highest BCUT2D eigenvalue weighted by Crippen LogP contribution is 2.26. The monoisotopic (exact) mass is 294 g/mol. The summed E-state index contributed by atoms with van der Waals surface area (Å²) >= 11 is 0. The molecule has 0 bridgehead atoms. The maximum Gasteiger partial charge on any atom is 0.243 e. The molecule has 5 nitrogen and oxygen atoms in total. The number of aryl methyl sites for hydroxylation is 1. The van der Waals surface area contributed by atoms with Gasteiger partial charge < -0.3 is 4.90 Å². The molecule has 1 aromatic rings. The highest BCUT2D eigenvalue weighted by molar-refractivity contribution is 7.89. The van der Waals surface area contributed by atoms with E-state index in [0.29, 0.717) is 31.0 Å². The van der Waals surface area contributed by atoms with Gasteiger partial charge in [0.25, 0.3) is 0 Å². The molecule has 0 radical (unpaired) electrons. The van der Waals surface area contributed by atoms with Crippen LogP contribution < -0.4 is 0 Å². The number of fused-ring (bicyclic) bond motifs is 1. The first-order chi connectivity index (χ1) is 9.48. The number of piperazine rings is 1. The van der Waals surface area contributed by atoms with Crippen LogP contribution in [0, 0.1) is 6.92 Å². The van der Waals surface area contributed by atoms with E-state index in [-0.39, 0.29) is 11.9 Å². The Bertz CT molecular complexity index is 624. The number of amides is 1. The molecule has 2 fully saturated rings. The minimum atomic E-state index is -3.44. The molecule has 0 N–H and O–H groups in total. The molecule has 0 aromatic heterocycles. The zero-order valence-corrected chi connectivity index (χ0v) is 12.3. The second kappa shape index (κ2) is 4.86. The van der Waals surface area contributed by atoms with E-state index in [1.165, 1.54) is 4.31 Å². The van der Waals surface area contributed by atoms with E-state index in [0.717, 1.165) is 12.0 Å². The van der Waals surface area contributed by atoms with Gasteiger partial charge in [0.15, 0.2) is 0 Å². The summed E-state index contributed by atoms with van der Waals surface area (Å²) in [6, 6.07) is 6.97. The predicted octanol–water partition coefficient (Wildman–Crippen LogP) is 0.990. The summed E-state index contributed by atoms with van der Waals surface area (Å²) in [4.78, 5) is 13.8. The molecule has 20 heavy (non-hydrogen) atoms. The average molecular weight is 294 g/mol. The summed E-state index contributed by atoms with van der Waals surface area (Å²) in [5.41, 5.74) is 1.04. The quantitative estimate of drug-likeness (QED) is 0.817. The van der Waals surface area contributed by atoms with Gasteiger partial charge in [0.2, 0.25) is 15.9 Å². The van der Waals surface area contributed by atoms with Gasteiger partial charge in [-0.1, -0.05) is 17.7 Å². The van der Waals surface area contributed by atoms with Crippen LogP contribution in [0.4, 0.5) is 0 Å². The molecule has 1 aromatic carbocycles. The summed E-state index contributed by atoms with van der Waals surface area (Å²) in [5, 5.41) is 0. The Morgan fingerprint density at radius 2 is 1.85 bits per heavy atom. The fourth-order valence-corrected chi connectivity index (χ4v) is 4.38. The molecule has 6 heteroatoms. The average Bonchev–Trinajstić information content (AvgIpc) is 2.80. The predicted molar refractivity (Wildman–Crippen MR) is 74.7 cm³/mol. The van der Waals surface area contributed by atoms with Gasteiger partial charge in [0.1, 0.15) is 0 Å². The molecule has 1 amide bonds. The van der Waals surface area contributed by atoms with E-state index in [2.05, 4.69) is 0 Å². The minimum absolute atomic E-state index is 0.0523. The van der Waals surface area contributed by atoms with Gasteiger partial charge >= 0.3 is 0 Å². The van der Waals surface area contributed by atoms with Crippen molar-refractivity contribution in [3.05, 3.63) is 29.8 Å².